The van der Waals surface area contributed by atoms with Gasteiger partial charge in [-0.25, -0.2) is 4.79 Å². The van der Waals surface area contributed by atoms with Crippen molar-refractivity contribution < 1.29 is 14.3 Å². The van der Waals surface area contributed by atoms with E-state index < -0.39 is 17.7 Å². The van der Waals surface area contributed by atoms with E-state index in [9.17, 15) is 14.4 Å². The fourth-order valence-corrected chi connectivity index (χ4v) is 4.04. The number of aromatic nitrogens is 1. The van der Waals surface area contributed by atoms with Gasteiger partial charge < -0.3 is 20.4 Å². The van der Waals surface area contributed by atoms with Crippen molar-refractivity contribution in [1.29, 1.82) is 0 Å². The van der Waals surface area contributed by atoms with E-state index in [2.05, 4.69) is 22.5 Å². The molecular formula is C25H33N3O4. The SMILES string of the molecule is CC1CCC([C@H](NC(=O)OC(C)(C)C)C(=O)Nc2ccc(-c3cc[nH]c(=O)c3)cc2)CC1. The zero-order chi connectivity index (χ0) is 23.3. The molecule has 0 aliphatic heterocycles. The number of H-pyrrole nitrogens is 1. The molecule has 0 bridgehead atoms. The minimum atomic E-state index is -0.662. The number of alkyl carbamates (subject to hydrolysis) is 1. The summed E-state index contributed by atoms with van der Waals surface area (Å²) in [6.07, 6.45) is 4.87. The van der Waals surface area contributed by atoms with Crippen LogP contribution in [0.25, 0.3) is 11.1 Å². The molecule has 32 heavy (non-hydrogen) atoms. The van der Waals surface area contributed by atoms with Gasteiger partial charge in [0.05, 0.1) is 0 Å². The molecule has 1 aromatic heterocycles. The van der Waals surface area contributed by atoms with Crippen LogP contribution in [0.15, 0.2) is 47.4 Å². The number of carbonyl (C=O) groups excluding carboxylic acids is 2. The third-order valence-electron chi connectivity index (χ3n) is 5.75. The highest BCUT2D eigenvalue weighted by Crippen LogP contribution is 2.31. The number of benzene rings is 1. The number of aromatic amines is 1. The molecule has 1 heterocycles. The van der Waals surface area contributed by atoms with Gasteiger partial charge in [-0.05, 0) is 74.8 Å². The maximum absolute atomic E-state index is 13.2. The number of pyridine rings is 1. The van der Waals surface area contributed by atoms with Crippen LogP contribution in [0.4, 0.5) is 10.5 Å². The standard InChI is InChI=1S/C25H33N3O4/c1-16-5-7-18(8-6-16)22(28-24(31)32-25(2,3)4)23(30)27-20-11-9-17(10-12-20)19-13-14-26-21(29)15-19/h9-16,18,22H,5-8H2,1-4H3,(H,26,29)(H,27,30)(H,28,31)/t16?,18?,22-/m0/s1. The second-order valence-electron chi connectivity index (χ2n) is 9.65. The first-order valence-electron chi connectivity index (χ1n) is 11.2. The highest BCUT2D eigenvalue weighted by Gasteiger charge is 2.33. The lowest BCUT2D eigenvalue weighted by Gasteiger charge is -2.33. The molecule has 2 amide bonds. The fraction of sp³-hybridized carbons (Fsp3) is 0.480. The van der Waals surface area contributed by atoms with Crippen molar-refractivity contribution in [1.82, 2.24) is 10.3 Å². The summed E-state index contributed by atoms with van der Waals surface area (Å²) in [7, 11) is 0. The molecule has 0 unspecified atom stereocenters. The molecule has 0 spiro atoms. The summed E-state index contributed by atoms with van der Waals surface area (Å²) in [4.78, 5) is 39.7. The lowest BCUT2D eigenvalue weighted by molar-refractivity contribution is -0.119. The van der Waals surface area contributed by atoms with Gasteiger partial charge in [0.25, 0.3) is 0 Å². The van der Waals surface area contributed by atoms with Crippen LogP contribution in [-0.4, -0.2) is 28.6 Å². The molecule has 7 heteroatoms. The van der Waals surface area contributed by atoms with Crippen molar-refractivity contribution in [2.45, 2.75) is 65.0 Å². The minimum absolute atomic E-state index is 0.0639. The van der Waals surface area contributed by atoms with Gasteiger partial charge in [-0.3, -0.25) is 9.59 Å². The summed E-state index contributed by atoms with van der Waals surface area (Å²) in [5.41, 5.74) is 1.49. The van der Waals surface area contributed by atoms with Crippen LogP contribution in [0.1, 0.15) is 53.4 Å². The molecule has 1 aliphatic carbocycles. The van der Waals surface area contributed by atoms with Crippen molar-refractivity contribution in [3.63, 3.8) is 0 Å². The van der Waals surface area contributed by atoms with Crippen LogP contribution in [-0.2, 0) is 9.53 Å². The molecule has 0 radical (unpaired) electrons. The number of ether oxygens (including phenoxy) is 1. The largest absolute Gasteiger partial charge is 0.444 e. The molecule has 1 fully saturated rings. The number of hydrogen-bond donors (Lipinski definition) is 3. The Labute approximate surface area is 189 Å². The van der Waals surface area contributed by atoms with Crippen molar-refractivity contribution in [2.75, 3.05) is 5.32 Å². The van der Waals surface area contributed by atoms with E-state index in [0.717, 1.165) is 36.8 Å². The number of amides is 2. The summed E-state index contributed by atoms with van der Waals surface area (Å²) in [5, 5.41) is 5.74. The molecule has 1 aliphatic rings. The molecule has 2 aromatic rings. The Morgan fingerprint density at radius 3 is 2.28 bits per heavy atom. The van der Waals surface area contributed by atoms with E-state index >= 15 is 0 Å². The maximum atomic E-state index is 13.2. The van der Waals surface area contributed by atoms with E-state index in [1.54, 1.807) is 39.1 Å². The summed E-state index contributed by atoms with van der Waals surface area (Å²) in [5.74, 6) is 0.447. The van der Waals surface area contributed by atoms with Crippen molar-refractivity contribution in [3.05, 3.63) is 52.9 Å². The second-order valence-corrected chi connectivity index (χ2v) is 9.65. The zero-order valence-corrected chi connectivity index (χ0v) is 19.2. The van der Waals surface area contributed by atoms with E-state index in [-0.39, 0.29) is 17.4 Å². The number of carbonyl (C=O) groups is 2. The first-order valence-corrected chi connectivity index (χ1v) is 11.2. The number of rotatable bonds is 5. The third-order valence-corrected chi connectivity index (χ3v) is 5.75. The van der Waals surface area contributed by atoms with Gasteiger partial charge in [0, 0.05) is 18.0 Å². The van der Waals surface area contributed by atoms with Crippen molar-refractivity contribution in [3.8, 4) is 11.1 Å². The monoisotopic (exact) mass is 439 g/mol. The van der Waals surface area contributed by atoms with Crippen LogP contribution >= 0.6 is 0 Å². The van der Waals surface area contributed by atoms with Gasteiger partial charge >= 0.3 is 6.09 Å². The topological polar surface area (TPSA) is 100 Å². The molecule has 172 valence electrons. The van der Waals surface area contributed by atoms with Gasteiger partial charge in [-0.1, -0.05) is 31.9 Å². The Morgan fingerprint density at radius 2 is 1.69 bits per heavy atom. The summed E-state index contributed by atoms with van der Waals surface area (Å²) < 4.78 is 5.40. The highest BCUT2D eigenvalue weighted by atomic mass is 16.6. The molecule has 3 N–H and O–H groups in total. The van der Waals surface area contributed by atoms with E-state index in [1.807, 2.05) is 18.2 Å². The smallest absolute Gasteiger partial charge is 0.408 e. The van der Waals surface area contributed by atoms with Gasteiger partial charge in [0.1, 0.15) is 11.6 Å². The fourth-order valence-electron chi connectivity index (χ4n) is 4.04. The number of anilines is 1. The van der Waals surface area contributed by atoms with Crippen LogP contribution in [0.2, 0.25) is 0 Å². The number of hydrogen-bond acceptors (Lipinski definition) is 4. The average molecular weight is 440 g/mol. The van der Waals surface area contributed by atoms with Crippen LogP contribution in [0, 0.1) is 11.8 Å². The first-order chi connectivity index (χ1) is 15.1. The molecule has 1 saturated carbocycles. The maximum Gasteiger partial charge on any atom is 0.408 e. The lowest BCUT2D eigenvalue weighted by Crippen LogP contribution is -2.50. The van der Waals surface area contributed by atoms with Gasteiger partial charge in [-0.15, -0.1) is 0 Å². The van der Waals surface area contributed by atoms with Gasteiger partial charge in [-0.2, -0.15) is 0 Å². The highest BCUT2D eigenvalue weighted by molar-refractivity contribution is 5.97. The second kappa shape index (κ2) is 10.0. The third kappa shape index (κ3) is 6.70. The Balaban J connectivity index is 1.72. The Hall–Kier alpha value is -3.09. The van der Waals surface area contributed by atoms with Crippen LogP contribution < -0.4 is 16.2 Å². The zero-order valence-electron chi connectivity index (χ0n) is 19.2. The van der Waals surface area contributed by atoms with Crippen LogP contribution in [0.3, 0.4) is 0 Å². The Kier molecular flexibility index (Phi) is 7.38. The molecule has 0 saturated heterocycles. The Morgan fingerprint density at radius 1 is 1.03 bits per heavy atom. The summed E-state index contributed by atoms with van der Waals surface area (Å²) >= 11 is 0. The van der Waals surface area contributed by atoms with Crippen molar-refractivity contribution >= 4 is 17.7 Å². The predicted octanol–water partition coefficient (Wildman–Crippen LogP) is 4.70. The molecule has 1 aromatic carbocycles. The normalized spacial score (nSPS) is 19.6. The Bertz CT molecular complexity index is 983. The quantitative estimate of drug-likeness (QED) is 0.629. The minimum Gasteiger partial charge on any atom is -0.444 e. The van der Waals surface area contributed by atoms with Crippen molar-refractivity contribution in [2.24, 2.45) is 11.8 Å². The predicted molar refractivity (Wildman–Crippen MR) is 125 cm³/mol. The van der Waals surface area contributed by atoms with E-state index in [1.165, 1.54) is 6.07 Å². The van der Waals surface area contributed by atoms with E-state index in [4.69, 9.17) is 4.74 Å². The van der Waals surface area contributed by atoms with Gasteiger partial charge in [0.2, 0.25) is 11.5 Å². The van der Waals surface area contributed by atoms with Crippen LogP contribution in [0.5, 0.6) is 0 Å². The number of nitrogens with one attached hydrogen (secondary N) is 3. The average Bonchev–Trinajstić information content (AvgIpc) is 2.72. The summed E-state index contributed by atoms with van der Waals surface area (Å²) in [6.45, 7) is 7.61. The molecule has 3 rings (SSSR count). The molecular weight excluding hydrogens is 406 g/mol. The lowest BCUT2D eigenvalue weighted by atomic mass is 9.79. The summed E-state index contributed by atoms with van der Waals surface area (Å²) in [6, 6.07) is 9.97. The van der Waals surface area contributed by atoms with E-state index in [0.29, 0.717) is 11.6 Å². The first kappa shape index (κ1) is 23.6. The van der Waals surface area contributed by atoms with Gasteiger partial charge in [0.15, 0.2) is 0 Å². The molecule has 1 atom stereocenters. The molecule has 7 nitrogen and oxygen atoms in total.